The summed E-state index contributed by atoms with van der Waals surface area (Å²) in [5.41, 5.74) is -0.225. The van der Waals surface area contributed by atoms with Gasteiger partial charge in [0.1, 0.15) is 13.2 Å². The molecule has 0 aromatic carbocycles. The van der Waals surface area contributed by atoms with Crippen molar-refractivity contribution in [3.05, 3.63) is 25.3 Å². The third-order valence-electron chi connectivity index (χ3n) is 3.04. The average Bonchev–Trinajstić information content (AvgIpc) is 2.82. The second-order valence-electron chi connectivity index (χ2n) is 4.33. The third-order valence-corrected chi connectivity index (χ3v) is 3.04. The van der Waals surface area contributed by atoms with Gasteiger partial charge in [-0.25, -0.2) is 9.59 Å². The van der Waals surface area contributed by atoms with Crippen LogP contribution in [0.15, 0.2) is 25.3 Å². The number of hydrogen-bond acceptors (Lipinski definition) is 4. The van der Waals surface area contributed by atoms with Gasteiger partial charge in [-0.1, -0.05) is 26.0 Å². The quantitative estimate of drug-likeness (QED) is 0.524. The minimum absolute atomic E-state index is 0.225. The van der Waals surface area contributed by atoms with Crippen molar-refractivity contribution in [1.29, 1.82) is 0 Å². The van der Waals surface area contributed by atoms with E-state index in [9.17, 15) is 9.59 Å². The number of hydrogen-bond donors (Lipinski definition) is 0. The molecule has 4 nitrogen and oxygen atoms in total. The minimum atomic E-state index is -0.439. The summed E-state index contributed by atoms with van der Waals surface area (Å²) in [7, 11) is 0. The molecule has 0 heterocycles. The normalized spacial score (nSPS) is 17.2. The molecule has 0 N–H and O–H groups in total. The maximum Gasteiger partial charge on any atom is 0.330 e. The van der Waals surface area contributed by atoms with Crippen LogP contribution in [0.2, 0.25) is 0 Å². The first-order chi connectivity index (χ1) is 8.12. The van der Waals surface area contributed by atoms with Crippen molar-refractivity contribution in [2.75, 3.05) is 13.2 Å². The summed E-state index contributed by atoms with van der Waals surface area (Å²) in [6.07, 6.45) is 6.22. The largest absolute Gasteiger partial charge is 0.462 e. The van der Waals surface area contributed by atoms with Gasteiger partial charge >= 0.3 is 11.9 Å². The lowest BCUT2D eigenvalue weighted by atomic mass is 9.88. The lowest BCUT2D eigenvalue weighted by Gasteiger charge is -2.27. The SMILES string of the molecule is C=CC(=O)OCC1(COC(=O)C=C)CCCC1. The molecular weight excluding hydrogens is 220 g/mol. The van der Waals surface area contributed by atoms with Gasteiger partial charge < -0.3 is 9.47 Å². The molecule has 1 rings (SSSR count). The molecule has 4 heteroatoms. The van der Waals surface area contributed by atoms with E-state index in [2.05, 4.69) is 13.2 Å². The topological polar surface area (TPSA) is 52.6 Å². The highest BCUT2D eigenvalue weighted by molar-refractivity contribution is 5.81. The Balaban J connectivity index is 2.50. The van der Waals surface area contributed by atoms with E-state index in [-0.39, 0.29) is 18.6 Å². The fourth-order valence-corrected chi connectivity index (χ4v) is 2.02. The average molecular weight is 238 g/mol. The molecule has 1 aliphatic rings. The van der Waals surface area contributed by atoms with E-state index in [1.807, 2.05) is 0 Å². The van der Waals surface area contributed by atoms with Crippen LogP contribution in [-0.4, -0.2) is 25.2 Å². The zero-order chi connectivity index (χ0) is 12.7. The summed E-state index contributed by atoms with van der Waals surface area (Å²) in [5.74, 6) is -0.877. The minimum Gasteiger partial charge on any atom is -0.462 e. The Kier molecular flexibility index (Phi) is 4.94. The first-order valence-electron chi connectivity index (χ1n) is 5.70. The van der Waals surface area contributed by atoms with Crippen LogP contribution in [0.25, 0.3) is 0 Å². The summed E-state index contributed by atoms with van der Waals surface area (Å²) in [4.78, 5) is 22.1. The van der Waals surface area contributed by atoms with Gasteiger partial charge in [-0.15, -0.1) is 0 Å². The van der Waals surface area contributed by atoms with Gasteiger partial charge in [0.25, 0.3) is 0 Å². The van der Waals surface area contributed by atoms with Crippen LogP contribution in [0.1, 0.15) is 25.7 Å². The van der Waals surface area contributed by atoms with Gasteiger partial charge in [0.05, 0.1) is 0 Å². The molecule has 0 aromatic rings. The molecule has 1 saturated carbocycles. The maximum atomic E-state index is 11.0. The predicted octanol–water partition coefficient (Wildman–Crippen LogP) is 2.01. The molecule has 0 radical (unpaired) electrons. The monoisotopic (exact) mass is 238 g/mol. The first-order valence-corrected chi connectivity index (χ1v) is 5.70. The molecule has 1 aliphatic carbocycles. The summed E-state index contributed by atoms with van der Waals surface area (Å²) in [6, 6.07) is 0. The van der Waals surface area contributed by atoms with Gasteiger partial charge in [0.15, 0.2) is 0 Å². The van der Waals surface area contributed by atoms with Crippen LogP contribution in [0.4, 0.5) is 0 Å². The Morgan fingerprint density at radius 1 is 1.00 bits per heavy atom. The van der Waals surface area contributed by atoms with Gasteiger partial charge in [-0.3, -0.25) is 0 Å². The maximum absolute atomic E-state index is 11.0. The zero-order valence-corrected chi connectivity index (χ0v) is 9.94. The van der Waals surface area contributed by atoms with Crippen molar-refractivity contribution in [2.45, 2.75) is 25.7 Å². The molecule has 0 spiro atoms. The molecule has 94 valence electrons. The molecule has 1 fully saturated rings. The molecule has 0 bridgehead atoms. The van der Waals surface area contributed by atoms with Crippen LogP contribution in [0, 0.1) is 5.41 Å². The van der Waals surface area contributed by atoms with Crippen molar-refractivity contribution in [2.24, 2.45) is 5.41 Å². The highest BCUT2D eigenvalue weighted by atomic mass is 16.5. The first kappa shape index (κ1) is 13.5. The van der Waals surface area contributed by atoms with Gasteiger partial charge in [-0.05, 0) is 12.8 Å². The Morgan fingerprint density at radius 2 is 1.41 bits per heavy atom. The standard InChI is InChI=1S/C13H18O4/c1-3-11(14)16-9-13(7-5-6-8-13)10-17-12(15)4-2/h3-4H,1-2,5-10H2. The molecule has 0 unspecified atom stereocenters. The highest BCUT2D eigenvalue weighted by Gasteiger charge is 2.36. The Hall–Kier alpha value is -1.58. The van der Waals surface area contributed by atoms with Crippen molar-refractivity contribution >= 4 is 11.9 Å². The Morgan fingerprint density at radius 3 is 1.76 bits per heavy atom. The van der Waals surface area contributed by atoms with Crippen molar-refractivity contribution < 1.29 is 19.1 Å². The van der Waals surface area contributed by atoms with E-state index in [1.54, 1.807) is 0 Å². The molecule has 0 saturated heterocycles. The molecule has 0 aromatic heterocycles. The van der Waals surface area contributed by atoms with E-state index in [1.165, 1.54) is 0 Å². The zero-order valence-electron chi connectivity index (χ0n) is 9.94. The van der Waals surface area contributed by atoms with Crippen LogP contribution < -0.4 is 0 Å². The summed E-state index contributed by atoms with van der Waals surface area (Å²) >= 11 is 0. The van der Waals surface area contributed by atoms with E-state index in [0.29, 0.717) is 0 Å². The second kappa shape index (κ2) is 6.23. The van der Waals surface area contributed by atoms with Crippen LogP contribution >= 0.6 is 0 Å². The number of esters is 2. The highest BCUT2D eigenvalue weighted by Crippen LogP contribution is 2.38. The lowest BCUT2D eigenvalue weighted by molar-refractivity contribution is -0.147. The van der Waals surface area contributed by atoms with Crippen molar-refractivity contribution in [1.82, 2.24) is 0 Å². The summed E-state index contributed by atoms with van der Waals surface area (Å²) in [5, 5.41) is 0. The lowest BCUT2D eigenvalue weighted by Crippen LogP contribution is -2.31. The summed E-state index contributed by atoms with van der Waals surface area (Å²) in [6.45, 7) is 7.25. The van der Waals surface area contributed by atoms with E-state index >= 15 is 0 Å². The molecular formula is C13H18O4. The molecule has 0 atom stereocenters. The smallest absolute Gasteiger partial charge is 0.330 e. The van der Waals surface area contributed by atoms with Crippen LogP contribution in [0.3, 0.4) is 0 Å². The van der Waals surface area contributed by atoms with E-state index < -0.39 is 11.9 Å². The second-order valence-corrected chi connectivity index (χ2v) is 4.33. The third kappa shape index (κ3) is 4.06. The fraction of sp³-hybridized carbons (Fsp3) is 0.538. The van der Waals surface area contributed by atoms with Crippen molar-refractivity contribution in [3.63, 3.8) is 0 Å². The predicted molar refractivity (Wildman–Crippen MR) is 63.2 cm³/mol. The number of ether oxygens (including phenoxy) is 2. The van der Waals surface area contributed by atoms with E-state index in [0.717, 1.165) is 37.8 Å². The van der Waals surface area contributed by atoms with Crippen LogP contribution in [-0.2, 0) is 19.1 Å². The Bertz CT molecular complexity index is 287. The molecule has 0 aliphatic heterocycles. The molecule has 0 amide bonds. The Labute approximate surface area is 101 Å². The number of rotatable bonds is 6. The summed E-state index contributed by atoms with van der Waals surface area (Å²) < 4.78 is 10.1. The van der Waals surface area contributed by atoms with Crippen LogP contribution in [0.5, 0.6) is 0 Å². The molecule has 17 heavy (non-hydrogen) atoms. The number of carbonyl (C=O) groups is 2. The van der Waals surface area contributed by atoms with Gasteiger partial charge in [-0.2, -0.15) is 0 Å². The fourth-order valence-electron chi connectivity index (χ4n) is 2.02. The van der Waals surface area contributed by atoms with Gasteiger partial charge in [0.2, 0.25) is 0 Å². The van der Waals surface area contributed by atoms with Gasteiger partial charge in [0, 0.05) is 17.6 Å². The van der Waals surface area contributed by atoms with Crippen molar-refractivity contribution in [3.8, 4) is 0 Å². The van der Waals surface area contributed by atoms with E-state index in [4.69, 9.17) is 9.47 Å². The number of carbonyl (C=O) groups excluding carboxylic acids is 2.